The topological polar surface area (TPSA) is 85.3 Å². The summed E-state index contributed by atoms with van der Waals surface area (Å²) in [6, 6.07) is 8.28. The second-order valence-electron chi connectivity index (χ2n) is 8.89. The van der Waals surface area contributed by atoms with Gasteiger partial charge in [0.15, 0.2) is 0 Å². The Morgan fingerprint density at radius 3 is 2.59 bits per heavy atom. The molecule has 0 aromatic heterocycles. The third-order valence-corrected chi connectivity index (χ3v) is 6.08. The molecule has 2 aromatic carbocycles. The fourth-order valence-corrected chi connectivity index (χ4v) is 3.97. The standard InChI is InChI=1S/C26H32FNO6/c1-5-33-23-9-6-17(15-24(29)30)14-20(23)18-7-8-22(27)19-10-12-28(16-21(18)19)25(31)34-13-11-26(2,3)32-4/h6-9,14H,5,10-13,15-16H2,1-4H3,(H,29,30). The molecule has 0 spiro atoms. The van der Waals surface area contributed by atoms with Gasteiger partial charge in [0.2, 0.25) is 0 Å². The highest BCUT2D eigenvalue weighted by Crippen LogP contribution is 2.38. The van der Waals surface area contributed by atoms with E-state index in [1.807, 2.05) is 20.8 Å². The van der Waals surface area contributed by atoms with Crippen LogP contribution in [0.15, 0.2) is 30.3 Å². The van der Waals surface area contributed by atoms with Crippen LogP contribution in [-0.4, -0.2) is 54.5 Å². The van der Waals surface area contributed by atoms with E-state index in [2.05, 4.69) is 0 Å². The van der Waals surface area contributed by atoms with Crippen molar-refractivity contribution in [2.75, 3.05) is 26.9 Å². The maximum absolute atomic E-state index is 14.7. The number of carboxylic acid groups (broad SMARTS) is 1. The number of rotatable bonds is 9. The largest absolute Gasteiger partial charge is 0.493 e. The number of hydrogen-bond acceptors (Lipinski definition) is 5. The summed E-state index contributed by atoms with van der Waals surface area (Å²) in [6.07, 6.45) is 0.302. The molecule has 0 atom stereocenters. The molecule has 0 fully saturated rings. The van der Waals surface area contributed by atoms with Crippen molar-refractivity contribution in [1.82, 2.24) is 4.90 Å². The summed E-state index contributed by atoms with van der Waals surface area (Å²) >= 11 is 0. The number of methoxy groups -OCH3 is 1. The first kappa shape index (κ1) is 25.5. The third kappa shape index (κ3) is 6.05. The maximum Gasteiger partial charge on any atom is 0.410 e. The van der Waals surface area contributed by atoms with E-state index in [9.17, 15) is 19.1 Å². The minimum Gasteiger partial charge on any atom is -0.493 e. The molecule has 0 bridgehead atoms. The molecule has 7 nitrogen and oxygen atoms in total. The van der Waals surface area contributed by atoms with Crippen LogP contribution in [0.4, 0.5) is 9.18 Å². The van der Waals surface area contributed by atoms with Gasteiger partial charge in [-0.1, -0.05) is 12.1 Å². The van der Waals surface area contributed by atoms with Crippen molar-refractivity contribution in [2.45, 2.75) is 52.2 Å². The predicted molar refractivity (Wildman–Crippen MR) is 126 cm³/mol. The number of nitrogens with zero attached hydrogens (tertiary/aromatic N) is 1. The number of aliphatic carboxylic acids is 1. The average molecular weight is 474 g/mol. The summed E-state index contributed by atoms with van der Waals surface area (Å²) < 4.78 is 31.3. The molecule has 0 unspecified atom stereocenters. The minimum absolute atomic E-state index is 0.140. The van der Waals surface area contributed by atoms with Gasteiger partial charge in [0.05, 0.1) is 25.2 Å². The Labute approximate surface area is 199 Å². The summed E-state index contributed by atoms with van der Waals surface area (Å²) in [5, 5.41) is 9.22. The second-order valence-corrected chi connectivity index (χ2v) is 8.89. The van der Waals surface area contributed by atoms with Crippen LogP contribution >= 0.6 is 0 Å². The van der Waals surface area contributed by atoms with E-state index >= 15 is 0 Å². The number of halogens is 1. The van der Waals surface area contributed by atoms with Gasteiger partial charge in [0, 0.05) is 32.2 Å². The fraction of sp³-hybridized carbons (Fsp3) is 0.462. The third-order valence-electron chi connectivity index (χ3n) is 6.08. The van der Waals surface area contributed by atoms with Crippen LogP contribution in [-0.2, 0) is 33.7 Å². The fourth-order valence-electron chi connectivity index (χ4n) is 3.97. The molecule has 1 amide bonds. The van der Waals surface area contributed by atoms with Crippen molar-refractivity contribution in [3.05, 3.63) is 52.8 Å². The normalized spacial score (nSPS) is 13.4. The average Bonchev–Trinajstić information content (AvgIpc) is 2.80. The number of hydrogen-bond donors (Lipinski definition) is 1. The second kappa shape index (κ2) is 10.9. The van der Waals surface area contributed by atoms with Gasteiger partial charge in [-0.05, 0) is 67.6 Å². The van der Waals surface area contributed by atoms with E-state index in [4.69, 9.17) is 14.2 Å². The molecular formula is C26H32FNO6. The number of ether oxygens (including phenoxy) is 3. The first-order valence-electron chi connectivity index (χ1n) is 11.4. The minimum atomic E-state index is -0.943. The van der Waals surface area contributed by atoms with E-state index in [1.165, 1.54) is 6.07 Å². The first-order chi connectivity index (χ1) is 16.1. The molecule has 0 saturated heterocycles. The molecule has 184 valence electrons. The van der Waals surface area contributed by atoms with Crippen molar-refractivity contribution in [2.24, 2.45) is 0 Å². The van der Waals surface area contributed by atoms with Crippen molar-refractivity contribution in [3.63, 3.8) is 0 Å². The summed E-state index contributed by atoms with van der Waals surface area (Å²) in [7, 11) is 1.61. The lowest BCUT2D eigenvalue weighted by molar-refractivity contribution is -0.136. The smallest absolute Gasteiger partial charge is 0.410 e. The zero-order chi connectivity index (χ0) is 24.9. The highest BCUT2D eigenvalue weighted by atomic mass is 19.1. The SMILES string of the molecule is CCOc1ccc(CC(=O)O)cc1-c1ccc(F)c2c1CN(C(=O)OCCC(C)(C)OC)CC2. The molecule has 1 aliphatic heterocycles. The van der Waals surface area contributed by atoms with Crippen molar-refractivity contribution < 1.29 is 33.3 Å². The monoisotopic (exact) mass is 473 g/mol. The van der Waals surface area contributed by atoms with E-state index in [1.54, 1.807) is 36.3 Å². The van der Waals surface area contributed by atoms with E-state index in [0.717, 1.165) is 0 Å². The zero-order valence-electron chi connectivity index (χ0n) is 20.2. The van der Waals surface area contributed by atoms with Gasteiger partial charge in [0.1, 0.15) is 11.6 Å². The van der Waals surface area contributed by atoms with Gasteiger partial charge < -0.3 is 24.2 Å². The van der Waals surface area contributed by atoms with E-state index in [-0.39, 0.29) is 25.4 Å². The molecule has 0 aliphatic carbocycles. The number of carboxylic acids is 1. The van der Waals surface area contributed by atoms with Gasteiger partial charge in [-0.15, -0.1) is 0 Å². The Hall–Kier alpha value is -3.13. The quantitative estimate of drug-likeness (QED) is 0.562. The summed E-state index contributed by atoms with van der Waals surface area (Å²) in [6.45, 7) is 6.86. The van der Waals surface area contributed by atoms with Gasteiger partial charge in [-0.2, -0.15) is 0 Å². The molecule has 1 heterocycles. The summed E-state index contributed by atoms with van der Waals surface area (Å²) in [4.78, 5) is 25.5. The van der Waals surface area contributed by atoms with E-state index < -0.39 is 17.7 Å². The Balaban J connectivity index is 1.91. The van der Waals surface area contributed by atoms with Crippen LogP contribution in [0.25, 0.3) is 11.1 Å². The van der Waals surface area contributed by atoms with Gasteiger partial charge in [-0.3, -0.25) is 4.79 Å². The van der Waals surface area contributed by atoms with Crippen LogP contribution in [0.3, 0.4) is 0 Å². The molecule has 0 radical (unpaired) electrons. The molecular weight excluding hydrogens is 441 g/mol. The molecule has 3 rings (SSSR count). The molecule has 0 saturated carbocycles. The number of fused-ring (bicyclic) bond motifs is 1. The lowest BCUT2D eigenvalue weighted by Gasteiger charge is -2.31. The van der Waals surface area contributed by atoms with Crippen LogP contribution in [0.5, 0.6) is 5.75 Å². The van der Waals surface area contributed by atoms with Gasteiger partial charge in [-0.25, -0.2) is 9.18 Å². The number of amides is 1. The Kier molecular flexibility index (Phi) is 8.15. The van der Waals surface area contributed by atoms with Gasteiger partial charge in [0.25, 0.3) is 0 Å². The van der Waals surface area contributed by atoms with Crippen LogP contribution in [0.2, 0.25) is 0 Å². The highest BCUT2D eigenvalue weighted by molar-refractivity contribution is 5.78. The number of carbonyl (C=O) groups is 2. The van der Waals surface area contributed by atoms with E-state index in [0.29, 0.717) is 59.6 Å². The van der Waals surface area contributed by atoms with Crippen molar-refractivity contribution in [3.8, 4) is 16.9 Å². The maximum atomic E-state index is 14.7. The Bertz CT molecular complexity index is 1050. The van der Waals surface area contributed by atoms with Crippen molar-refractivity contribution in [1.29, 1.82) is 0 Å². The van der Waals surface area contributed by atoms with Crippen LogP contribution in [0, 0.1) is 5.82 Å². The van der Waals surface area contributed by atoms with Crippen LogP contribution < -0.4 is 4.74 Å². The zero-order valence-corrected chi connectivity index (χ0v) is 20.2. The van der Waals surface area contributed by atoms with Crippen molar-refractivity contribution >= 4 is 12.1 Å². The molecule has 1 N–H and O–H groups in total. The first-order valence-corrected chi connectivity index (χ1v) is 11.4. The summed E-state index contributed by atoms with van der Waals surface area (Å²) in [5.41, 5.74) is 2.82. The number of carbonyl (C=O) groups excluding carboxylic acids is 1. The van der Waals surface area contributed by atoms with Gasteiger partial charge >= 0.3 is 12.1 Å². The number of benzene rings is 2. The summed E-state index contributed by atoms with van der Waals surface area (Å²) in [5.74, 6) is -0.693. The molecule has 34 heavy (non-hydrogen) atoms. The highest BCUT2D eigenvalue weighted by Gasteiger charge is 2.28. The Morgan fingerprint density at radius 2 is 1.91 bits per heavy atom. The molecule has 1 aliphatic rings. The molecule has 2 aromatic rings. The lowest BCUT2D eigenvalue weighted by atomic mass is 9.89. The molecule has 8 heteroatoms. The predicted octanol–water partition coefficient (Wildman–Crippen LogP) is 4.83. The lowest BCUT2D eigenvalue weighted by Crippen LogP contribution is -2.37. The Morgan fingerprint density at radius 1 is 1.15 bits per heavy atom. The van der Waals surface area contributed by atoms with Crippen LogP contribution in [0.1, 0.15) is 43.9 Å².